The Labute approximate surface area is 204 Å². The smallest absolute Gasteiger partial charge is 0.160 e. The van der Waals surface area contributed by atoms with Crippen LogP contribution < -0.4 is 10.1 Å². The van der Waals surface area contributed by atoms with Gasteiger partial charge < -0.3 is 24.4 Å². The van der Waals surface area contributed by atoms with Gasteiger partial charge in [-0.2, -0.15) is 0 Å². The Morgan fingerprint density at radius 3 is 2.80 bits per heavy atom. The number of aliphatic hydroxyl groups is 1. The number of halogens is 1. The van der Waals surface area contributed by atoms with Crippen LogP contribution in [0.4, 0.5) is 4.39 Å². The molecule has 0 bridgehead atoms. The van der Waals surface area contributed by atoms with E-state index < -0.39 is 12.3 Å². The molecule has 2 aromatic heterocycles. The molecule has 1 saturated heterocycles. The summed E-state index contributed by atoms with van der Waals surface area (Å²) in [5.41, 5.74) is 4.77. The molecule has 0 saturated carbocycles. The zero-order chi connectivity index (χ0) is 24.9. The van der Waals surface area contributed by atoms with Crippen molar-refractivity contribution in [3.8, 4) is 28.4 Å². The van der Waals surface area contributed by atoms with Crippen molar-refractivity contribution in [1.29, 1.82) is 0 Å². The second-order valence-corrected chi connectivity index (χ2v) is 9.06. The van der Waals surface area contributed by atoms with E-state index in [2.05, 4.69) is 10.5 Å². The highest BCUT2D eigenvalue weighted by molar-refractivity contribution is 5.71. The number of nitrogens with one attached hydrogen (secondary N) is 1. The maximum atomic E-state index is 14.6. The third kappa shape index (κ3) is 5.86. The van der Waals surface area contributed by atoms with E-state index in [1.165, 1.54) is 0 Å². The van der Waals surface area contributed by atoms with Crippen molar-refractivity contribution >= 4 is 0 Å². The number of likely N-dealkylation sites (N-methyl/N-ethyl adjacent to an activating group) is 1. The van der Waals surface area contributed by atoms with Gasteiger partial charge in [-0.05, 0) is 58.4 Å². The number of hydrogen-bond acceptors (Lipinski definition) is 8. The van der Waals surface area contributed by atoms with E-state index in [0.717, 1.165) is 33.8 Å². The Morgan fingerprint density at radius 2 is 2.09 bits per heavy atom. The summed E-state index contributed by atoms with van der Waals surface area (Å²) in [5, 5.41) is 17.0. The molecular weight excluding hydrogens is 451 g/mol. The minimum absolute atomic E-state index is 0.122. The second-order valence-electron chi connectivity index (χ2n) is 9.06. The number of aryl methyl sites for hydroxylation is 2. The molecule has 1 aromatic carbocycles. The molecule has 0 amide bonds. The van der Waals surface area contributed by atoms with Gasteiger partial charge in [-0.1, -0.05) is 17.3 Å². The molecule has 3 heterocycles. The normalized spacial score (nSPS) is 19.0. The topological polar surface area (TPSA) is 103 Å². The molecule has 35 heavy (non-hydrogen) atoms. The third-order valence-electron chi connectivity index (χ3n) is 6.37. The standard InChI is InChI=1S/C26H33FN4O4/c1-15-23(11-18-8-9-33-14-22(18)27)29-26(30-25(15)24-16(2)31-35-17(24)3)19-6-5-7-21(10-19)34-13-20(32)12-28-4/h5-7,10,18,20,22,28,32H,8-9,11-14H2,1-4H3/t18-,20?,22-/m0/s1. The molecule has 1 aliphatic rings. The second kappa shape index (κ2) is 11.2. The van der Waals surface area contributed by atoms with Crippen molar-refractivity contribution in [2.24, 2.45) is 5.92 Å². The molecule has 1 fully saturated rings. The number of ether oxygens (including phenoxy) is 2. The molecule has 1 aliphatic heterocycles. The molecule has 0 spiro atoms. The van der Waals surface area contributed by atoms with Gasteiger partial charge in [0.15, 0.2) is 5.82 Å². The van der Waals surface area contributed by atoms with Crippen molar-refractivity contribution in [1.82, 2.24) is 20.4 Å². The number of benzene rings is 1. The molecular formula is C26H33FN4O4. The summed E-state index contributed by atoms with van der Waals surface area (Å²) in [5.74, 6) is 1.64. The van der Waals surface area contributed by atoms with Crippen LogP contribution in [0.25, 0.3) is 22.6 Å². The molecule has 188 valence electrons. The van der Waals surface area contributed by atoms with Crippen LogP contribution in [0.1, 0.15) is 29.1 Å². The predicted molar refractivity (Wildman–Crippen MR) is 130 cm³/mol. The van der Waals surface area contributed by atoms with Gasteiger partial charge in [0.25, 0.3) is 0 Å². The Balaban J connectivity index is 1.73. The molecule has 0 aliphatic carbocycles. The Hall–Kier alpha value is -2.88. The van der Waals surface area contributed by atoms with Gasteiger partial charge in [-0.15, -0.1) is 0 Å². The molecule has 2 N–H and O–H groups in total. The van der Waals surface area contributed by atoms with E-state index in [-0.39, 0.29) is 19.1 Å². The first kappa shape index (κ1) is 25.2. The van der Waals surface area contributed by atoms with Gasteiger partial charge in [0.2, 0.25) is 0 Å². The highest BCUT2D eigenvalue weighted by Gasteiger charge is 2.28. The van der Waals surface area contributed by atoms with Crippen LogP contribution in [-0.4, -0.2) is 65.9 Å². The highest BCUT2D eigenvalue weighted by atomic mass is 19.1. The Kier molecular flexibility index (Phi) is 8.10. The zero-order valence-electron chi connectivity index (χ0n) is 20.7. The number of rotatable bonds is 9. The fourth-order valence-corrected chi connectivity index (χ4v) is 4.39. The van der Waals surface area contributed by atoms with E-state index in [9.17, 15) is 9.50 Å². The number of hydrogen-bond donors (Lipinski definition) is 2. The summed E-state index contributed by atoms with van der Waals surface area (Å²) in [6.45, 7) is 6.98. The van der Waals surface area contributed by atoms with E-state index in [0.29, 0.717) is 43.3 Å². The number of alkyl halides is 1. The van der Waals surface area contributed by atoms with Crippen molar-refractivity contribution in [2.45, 2.75) is 45.9 Å². The molecule has 8 nitrogen and oxygen atoms in total. The van der Waals surface area contributed by atoms with Gasteiger partial charge in [0.05, 0.1) is 23.6 Å². The average Bonchev–Trinajstić information content (AvgIpc) is 3.18. The lowest BCUT2D eigenvalue weighted by molar-refractivity contribution is -0.00149. The number of aliphatic hydroxyl groups excluding tert-OH is 1. The van der Waals surface area contributed by atoms with E-state index in [1.54, 1.807) is 7.05 Å². The highest BCUT2D eigenvalue weighted by Crippen LogP contribution is 2.34. The first-order valence-electron chi connectivity index (χ1n) is 12.0. The van der Waals surface area contributed by atoms with Crippen LogP contribution in [0.3, 0.4) is 0 Å². The van der Waals surface area contributed by atoms with Crippen LogP contribution in [0.15, 0.2) is 28.8 Å². The summed E-state index contributed by atoms with van der Waals surface area (Å²) < 4.78 is 31.1. The van der Waals surface area contributed by atoms with Gasteiger partial charge in [-0.3, -0.25) is 0 Å². The zero-order valence-corrected chi connectivity index (χ0v) is 20.7. The van der Waals surface area contributed by atoms with Crippen LogP contribution in [0.2, 0.25) is 0 Å². The van der Waals surface area contributed by atoms with Crippen molar-refractivity contribution in [3.63, 3.8) is 0 Å². The summed E-state index contributed by atoms with van der Waals surface area (Å²) in [4.78, 5) is 9.78. The lowest BCUT2D eigenvalue weighted by Gasteiger charge is -2.26. The molecule has 0 radical (unpaired) electrons. The summed E-state index contributed by atoms with van der Waals surface area (Å²) in [6, 6.07) is 7.46. The van der Waals surface area contributed by atoms with Crippen LogP contribution in [-0.2, 0) is 11.2 Å². The fraction of sp³-hybridized carbons (Fsp3) is 0.500. The van der Waals surface area contributed by atoms with Crippen molar-refractivity contribution in [2.75, 3.05) is 33.4 Å². The van der Waals surface area contributed by atoms with Crippen LogP contribution in [0, 0.1) is 26.7 Å². The third-order valence-corrected chi connectivity index (χ3v) is 6.37. The van der Waals surface area contributed by atoms with Crippen molar-refractivity contribution in [3.05, 3.63) is 47.0 Å². The quantitative estimate of drug-likeness (QED) is 0.475. The minimum Gasteiger partial charge on any atom is -0.491 e. The first-order chi connectivity index (χ1) is 16.9. The Morgan fingerprint density at radius 1 is 1.26 bits per heavy atom. The molecule has 1 unspecified atom stereocenters. The predicted octanol–water partition coefficient (Wildman–Crippen LogP) is 3.60. The first-order valence-corrected chi connectivity index (χ1v) is 12.0. The average molecular weight is 485 g/mol. The molecule has 3 atom stereocenters. The Bertz CT molecular complexity index is 1130. The number of aromatic nitrogens is 3. The van der Waals surface area contributed by atoms with Gasteiger partial charge in [0.1, 0.15) is 30.4 Å². The SMILES string of the molecule is CNCC(O)COc1cccc(-c2nc(C[C@@H]3CCOC[C@@H]3F)c(C)c(-c3c(C)noc3C)n2)c1. The summed E-state index contributed by atoms with van der Waals surface area (Å²) in [6.07, 6.45) is -0.497. The van der Waals surface area contributed by atoms with Crippen LogP contribution >= 0.6 is 0 Å². The lowest BCUT2D eigenvalue weighted by atomic mass is 9.90. The van der Waals surface area contributed by atoms with Crippen LogP contribution in [0.5, 0.6) is 5.75 Å². The summed E-state index contributed by atoms with van der Waals surface area (Å²) in [7, 11) is 1.78. The fourth-order valence-electron chi connectivity index (χ4n) is 4.39. The van der Waals surface area contributed by atoms with Gasteiger partial charge in [-0.25, -0.2) is 14.4 Å². The maximum Gasteiger partial charge on any atom is 0.160 e. The van der Waals surface area contributed by atoms with Gasteiger partial charge in [0, 0.05) is 30.3 Å². The lowest BCUT2D eigenvalue weighted by Crippen LogP contribution is -2.30. The maximum absolute atomic E-state index is 14.6. The van der Waals surface area contributed by atoms with E-state index in [1.807, 2.05) is 45.0 Å². The van der Waals surface area contributed by atoms with E-state index >= 15 is 0 Å². The van der Waals surface area contributed by atoms with Gasteiger partial charge >= 0.3 is 0 Å². The monoisotopic (exact) mass is 484 g/mol. The van der Waals surface area contributed by atoms with E-state index in [4.69, 9.17) is 24.0 Å². The molecule has 3 aromatic rings. The van der Waals surface area contributed by atoms with Crippen molar-refractivity contribution < 1.29 is 23.5 Å². The largest absolute Gasteiger partial charge is 0.491 e. The molecule has 4 rings (SSSR count). The number of nitrogens with zero attached hydrogens (tertiary/aromatic N) is 3. The minimum atomic E-state index is -1.02. The molecule has 9 heteroatoms. The summed E-state index contributed by atoms with van der Waals surface area (Å²) >= 11 is 0.